The number of aryl methyl sites for hydroxylation is 1. The minimum absolute atomic E-state index is 0.0842. The topological polar surface area (TPSA) is 87.6 Å². The SMILES string of the molecule is Cc1ccc2c(N(C(=O)OCC(C)(C)C)[C@@H]3CCNC3)nc(-c3ccccc3O)nc2c1. The molecule has 0 bridgehead atoms. The lowest BCUT2D eigenvalue weighted by Gasteiger charge is -2.29. The Balaban J connectivity index is 1.88. The van der Waals surface area contributed by atoms with E-state index >= 15 is 0 Å². The Morgan fingerprint density at radius 2 is 2.00 bits per heavy atom. The lowest BCUT2D eigenvalue weighted by Crippen LogP contribution is -2.43. The maximum absolute atomic E-state index is 13.4. The number of carbonyl (C=O) groups excluding carboxylic acids is 1. The molecule has 2 aromatic carbocycles. The summed E-state index contributed by atoms with van der Waals surface area (Å²) in [5, 5.41) is 14.5. The monoisotopic (exact) mass is 434 g/mol. The molecule has 0 spiro atoms. The van der Waals surface area contributed by atoms with Crippen molar-refractivity contribution in [3.8, 4) is 17.1 Å². The second-order valence-electron chi connectivity index (χ2n) is 9.54. The Kier molecular flexibility index (Phi) is 6.02. The molecule has 32 heavy (non-hydrogen) atoms. The summed E-state index contributed by atoms with van der Waals surface area (Å²) in [6.45, 7) is 9.87. The standard InChI is InChI=1S/C25H30N4O3/c1-16-9-10-18-20(13-16)27-22(19-7-5-6-8-21(19)30)28-23(18)29(17-11-12-26-14-17)24(31)32-15-25(2,3)4/h5-10,13,17,26,30H,11-12,14-15H2,1-4H3/t17-/m1/s1. The van der Waals surface area contributed by atoms with Crippen LogP contribution in [0.3, 0.4) is 0 Å². The molecule has 1 amide bonds. The number of fused-ring (bicyclic) bond motifs is 1. The van der Waals surface area contributed by atoms with E-state index in [0.717, 1.165) is 23.9 Å². The number of amides is 1. The van der Waals surface area contributed by atoms with Gasteiger partial charge in [0, 0.05) is 11.9 Å². The number of phenols is 1. The van der Waals surface area contributed by atoms with Crippen molar-refractivity contribution in [1.82, 2.24) is 15.3 Å². The maximum Gasteiger partial charge on any atom is 0.415 e. The summed E-state index contributed by atoms with van der Waals surface area (Å²) in [5.41, 5.74) is 2.13. The first-order valence-electron chi connectivity index (χ1n) is 11.0. The fraction of sp³-hybridized carbons (Fsp3) is 0.400. The molecular weight excluding hydrogens is 404 g/mol. The molecule has 2 N–H and O–H groups in total. The van der Waals surface area contributed by atoms with E-state index in [1.165, 1.54) is 0 Å². The van der Waals surface area contributed by atoms with Gasteiger partial charge in [-0.05, 0) is 55.1 Å². The van der Waals surface area contributed by atoms with Crippen LogP contribution in [0.5, 0.6) is 5.75 Å². The molecule has 1 fully saturated rings. The zero-order chi connectivity index (χ0) is 22.9. The average Bonchev–Trinajstić information content (AvgIpc) is 3.26. The molecule has 7 heteroatoms. The molecule has 0 unspecified atom stereocenters. The largest absolute Gasteiger partial charge is 0.507 e. The minimum atomic E-state index is -0.419. The van der Waals surface area contributed by atoms with Gasteiger partial charge in [-0.2, -0.15) is 0 Å². The number of phenolic OH excluding ortho intramolecular Hbond substituents is 1. The lowest BCUT2D eigenvalue weighted by atomic mass is 9.99. The number of anilines is 1. The van der Waals surface area contributed by atoms with Crippen LogP contribution in [0.1, 0.15) is 32.8 Å². The van der Waals surface area contributed by atoms with Crippen molar-refractivity contribution < 1.29 is 14.6 Å². The molecule has 0 saturated carbocycles. The Bertz CT molecular complexity index is 1130. The van der Waals surface area contributed by atoms with Gasteiger partial charge < -0.3 is 15.2 Å². The first-order chi connectivity index (χ1) is 15.2. The number of aromatic hydroxyl groups is 1. The number of para-hydroxylation sites is 1. The van der Waals surface area contributed by atoms with E-state index in [1.807, 2.05) is 52.0 Å². The summed E-state index contributed by atoms with van der Waals surface area (Å²) in [5.74, 6) is 0.964. The Morgan fingerprint density at radius 1 is 1.22 bits per heavy atom. The molecule has 0 radical (unpaired) electrons. The Labute approximate surface area is 188 Å². The number of ether oxygens (including phenoxy) is 1. The van der Waals surface area contributed by atoms with Crippen molar-refractivity contribution in [1.29, 1.82) is 0 Å². The van der Waals surface area contributed by atoms with E-state index in [9.17, 15) is 9.90 Å². The zero-order valence-corrected chi connectivity index (χ0v) is 19.1. The van der Waals surface area contributed by atoms with Gasteiger partial charge in [0.1, 0.15) is 11.6 Å². The fourth-order valence-corrected chi connectivity index (χ4v) is 3.81. The molecule has 4 rings (SSSR count). The number of hydrogen-bond acceptors (Lipinski definition) is 6. The molecule has 1 saturated heterocycles. The van der Waals surface area contributed by atoms with Crippen LogP contribution in [0.2, 0.25) is 0 Å². The van der Waals surface area contributed by atoms with Crippen LogP contribution in [-0.4, -0.2) is 46.9 Å². The second kappa shape index (κ2) is 8.74. The normalized spacial score (nSPS) is 16.3. The summed E-state index contributed by atoms with van der Waals surface area (Å²) < 4.78 is 5.73. The minimum Gasteiger partial charge on any atom is -0.507 e. The van der Waals surface area contributed by atoms with E-state index in [2.05, 4.69) is 5.32 Å². The number of aromatic nitrogens is 2. The highest BCUT2D eigenvalue weighted by atomic mass is 16.6. The van der Waals surface area contributed by atoms with Crippen molar-refractivity contribution in [2.75, 3.05) is 24.6 Å². The predicted molar refractivity (Wildman–Crippen MR) is 126 cm³/mol. The van der Waals surface area contributed by atoms with Gasteiger partial charge in [0.05, 0.1) is 23.7 Å². The van der Waals surface area contributed by atoms with Gasteiger partial charge in [0.25, 0.3) is 0 Å². The van der Waals surface area contributed by atoms with Crippen LogP contribution in [-0.2, 0) is 4.74 Å². The van der Waals surface area contributed by atoms with E-state index in [0.29, 0.717) is 35.9 Å². The molecular formula is C25H30N4O3. The van der Waals surface area contributed by atoms with E-state index in [1.54, 1.807) is 23.1 Å². The third-order valence-electron chi connectivity index (χ3n) is 5.43. The average molecular weight is 435 g/mol. The summed E-state index contributed by atoms with van der Waals surface area (Å²) in [6.07, 6.45) is 0.380. The van der Waals surface area contributed by atoms with Gasteiger partial charge in [-0.25, -0.2) is 14.8 Å². The molecule has 1 aromatic heterocycles. The van der Waals surface area contributed by atoms with E-state index in [4.69, 9.17) is 14.7 Å². The van der Waals surface area contributed by atoms with Crippen LogP contribution in [0, 0.1) is 12.3 Å². The van der Waals surface area contributed by atoms with Gasteiger partial charge in [-0.1, -0.05) is 39.0 Å². The summed E-state index contributed by atoms with van der Waals surface area (Å²) in [4.78, 5) is 24.5. The van der Waals surface area contributed by atoms with Gasteiger partial charge >= 0.3 is 6.09 Å². The first-order valence-corrected chi connectivity index (χ1v) is 11.0. The van der Waals surface area contributed by atoms with Crippen molar-refractivity contribution in [3.63, 3.8) is 0 Å². The van der Waals surface area contributed by atoms with Crippen LogP contribution < -0.4 is 10.2 Å². The number of carbonyl (C=O) groups is 1. The van der Waals surface area contributed by atoms with E-state index in [-0.39, 0.29) is 17.2 Å². The highest BCUT2D eigenvalue weighted by Crippen LogP contribution is 2.33. The van der Waals surface area contributed by atoms with Crippen LogP contribution >= 0.6 is 0 Å². The summed E-state index contributed by atoms with van der Waals surface area (Å²) >= 11 is 0. The van der Waals surface area contributed by atoms with Crippen LogP contribution in [0.4, 0.5) is 10.6 Å². The predicted octanol–water partition coefficient (Wildman–Crippen LogP) is 4.66. The smallest absolute Gasteiger partial charge is 0.415 e. The third-order valence-corrected chi connectivity index (χ3v) is 5.43. The molecule has 168 valence electrons. The van der Waals surface area contributed by atoms with Crippen LogP contribution in [0.25, 0.3) is 22.3 Å². The number of benzene rings is 2. The van der Waals surface area contributed by atoms with Gasteiger partial charge in [-0.15, -0.1) is 0 Å². The number of rotatable bonds is 4. The highest BCUT2D eigenvalue weighted by Gasteiger charge is 2.33. The van der Waals surface area contributed by atoms with Crippen molar-refractivity contribution in [3.05, 3.63) is 48.0 Å². The molecule has 3 aromatic rings. The molecule has 7 nitrogen and oxygen atoms in total. The second-order valence-corrected chi connectivity index (χ2v) is 9.54. The quantitative estimate of drug-likeness (QED) is 0.621. The van der Waals surface area contributed by atoms with E-state index < -0.39 is 6.09 Å². The third kappa shape index (κ3) is 4.67. The highest BCUT2D eigenvalue weighted by molar-refractivity contribution is 6.00. The van der Waals surface area contributed by atoms with Gasteiger partial charge in [0.15, 0.2) is 5.82 Å². The zero-order valence-electron chi connectivity index (χ0n) is 19.1. The first kappa shape index (κ1) is 22.0. The number of hydrogen-bond donors (Lipinski definition) is 2. The Morgan fingerprint density at radius 3 is 2.69 bits per heavy atom. The molecule has 1 aliphatic rings. The lowest BCUT2D eigenvalue weighted by molar-refractivity contribution is 0.110. The van der Waals surface area contributed by atoms with Crippen molar-refractivity contribution in [2.24, 2.45) is 5.41 Å². The summed E-state index contributed by atoms with van der Waals surface area (Å²) in [6, 6.07) is 12.8. The molecule has 1 atom stereocenters. The van der Waals surface area contributed by atoms with Gasteiger partial charge in [0.2, 0.25) is 0 Å². The number of nitrogens with one attached hydrogen (secondary N) is 1. The Hall–Kier alpha value is -3.19. The van der Waals surface area contributed by atoms with Gasteiger partial charge in [-0.3, -0.25) is 4.90 Å². The summed E-state index contributed by atoms with van der Waals surface area (Å²) in [7, 11) is 0. The fourth-order valence-electron chi connectivity index (χ4n) is 3.81. The number of nitrogens with zero attached hydrogens (tertiary/aromatic N) is 3. The van der Waals surface area contributed by atoms with Crippen molar-refractivity contribution in [2.45, 2.75) is 40.2 Å². The molecule has 2 heterocycles. The molecule has 0 aliphatic carbocycles. The van der Waals surface area contributed by atoms with Crippen molar-refractivity contribution >= 4 is 22.8 Å². The molecule has 1 aliphatic heterocycles. The maximum atomic E-state index is 13.4. The van der Waals surface area contributed by atoms with Crippen LogP contribution in [0.15, 0.2) is 42.5 Å².